The lowest BCUT2D eigenvalue weighted by Crippen LogP contribution is -2.26. The van der Waals surface area contributed by atoms with E-state index in [1.54, 1.807) is 11.1 Å². The fraction of sp³-hybridized carbons (Fsp3) is 0.280. The van der Waals surface area contributed by atoms with Crippen LogP contribution >= 0.6 is 0 Å². The normalized spacial score (nSPS) is 13.1. The second-order valence-corrected chi connectivity index (χ2v) is 7.91. The Morgan fingerprint density at radius 1 is 1.10 bits per heavy atom. The highest BCUT2D eigenvalue weighted by atomic mass is 16.2. The van der Waals surface area contributed by atoms with Crippen molar-refractivity contribution in [2.24, 2.45) is 0 Å². The van der Waals surface area contributed by atoms with Gasteiger partial charge in [-0.15, -0.1) is 0 Å². The number of carbonyl (C=O) groups excluding carboxylic acids is 2. The zero-order valence-corrected chi connectivity index (χ0v) is 17.6. The van der Waals surface area contributed by atoms with Crippen molar-refractivity contribution in [2.75, 3.05) is 4.90 Å². The molecule has 0 N–H and O–H groups in total. The van der Waals surface area contributed by atoms with Crippen molar-refractivity contribution >= 4 is 17.5 Å². The number of aromatic nitrogens is 2. The van der Waals surface area contributed by atoms with Crippen molar-refractivity contribution in [3.05, 3.63) is 77.0 Å². The largest absolute Gasteiger partial charge is 0.294 e. The van der Waals surface area contributed by atoms with Crippen molar-refractivity contribution in [1.82, 2.24) is 9.97 Å². The second-order valence-electron chi connectivity index (χ2n) is 7.91. The van der Waals surface area contributed by atoms with Gasteiger partial charge in [-0.1, -0.05) is 69.3 Å². The topological polar surface area (TPSA) is 63.2 Å². The van der Waals surface area contributed by atoms with Crippen molar-refractivity contribution < 1.29 is 9.59 Å². The summed E-state index contributed by atoms with van der Waals surface area (Å²) in [5.41, 5.74) is 4.70. The number of carbonyl (C=O) groups is 2. The summed E-state index contributed by atoms with van der Waals surface area (Å²) < 4.78 is 0. The second kappa shape index (κ2) is 8.19. The summed E-state index contributed by atoms with van der Waals surface area (Å²) in [6.07, 6.45) is 2.57. The molecule has 1 amide bonds. The Hall–Kier alpha value is -3.34. The zero-order chi connectivity index (χ0) is 21.3. The van der Waals surface area contributed by atoms with Gasteiger partial charge in [0.1, 0.15) is 5.82 Å². The van der Waals surface area contributed by atoms with Gasteiger partial charge in [0.2, 0.25) is 5.91 Å². The zero-order valence-electron chi connectivity index (χ0n) is 17.6. The van der Waals surface area contributed by atoms with E-state index in [1.807, 2.05) is 49.4 Å². The van der Waals surface area contributed by atoms with Gasteiger partial charge in [-0.05, 0) is 17.0 Å². The van der Waals surface area contributed by atoms with Gasteiger partial charge in [0.15, 0.2) is 11.6 Å². The summed E-state index contributed by atoms with van der Waals surface area (Å²) in [5.74, 6) is 1.80. The molecule has 2 aromatic carbocycles. The Morgan fingerprint density at radius 2 is 1.83 bits per heavy atom. The summed E-state index contributed by atoms with van der Waals surface area (Å²) in [7, 11) is 0. The molecule has 152 valence electrons. The first-order valence-corrected chi connectivity index (χ1v) is 10.4. The standard InChI is InChI=1S/C25H25N3O2/c1-4-22(29)18-11-9-17(10-12-18)15-28-23(30)13-19-14-26-24(27-25(19)28)21-8-6-5-7-20(21)16(2)3/h5-12,14,16H,4,13,15H2,1-3H3. The Bertz CT molecular complexity index is 1100. The third-order valence-corrected chi connectivity index (χ3v) is 5.50. The Labute approximate surface area is 176 Å². The van der Waals surface area contributed by atoms with Crippen molar-refractivity contribution in [2.45, 2.75) is 46.1 Å². The minimum atomic E-state index is 0.0160. The molecule has 0 saturated heterocycles. The number of ketones is 1. The molecule has 1 aliphatic heterocycles. The maximum atomic E-state index is 12.7. The number of rotatable bonds is 6. The maximum Gasteiger partial charge on any atom is 0.233 e. The van der Waals surface area contributed by atoms with E-state index in [1.165, 1.54) is 5.56 Å². The molecule has 0 bridgehead atoms. The molecule has 30 heavy (non-hydrogen) atoms. The number of anilines is 1. The van der Waals surface area contributed by atoms with Crippen LogP contribution < -0.4 is 4.90 Å². The lowest BCUT2D eigenvalue weighted by atomic mass is 9.97. The number of amides is 1. The van der Waals surface area contributed by atoms with Crippen molar-refractivity contribution in [1.29, 1.82) is 0 Å². The molecule has 0 radical (unpaired) electrons. The Morgan fingerprint density at radius 3 is 2.53 bits per heavy atom. The molecule has 0 atom stereocenters. The molecule has 1 aromatic heterocycles. The van der Waals surface area contributed by atoms with Gasteiger partial charge in [0.25, 0.3) is 0 Å². The van der Waals surface area contributed by atoms with Crippen LogP contribution in [0.2, 0.25) is 0 Å². The van der Waals surface area contributed by atoms with Gasteiger partial charge in [0.05, 0.1) is 13.0 Å². The summed E-state index contributed by atoms with van der Waals surface area (Å²) >= 11 is 0. The number of nitrogens with zero attached hydrogens (tertiary/aromatic N) is 3. The molecular formula is C25H25N3O2. The molecule has 2 heterocycles. The molecule has 1 aliphatic rings. The Kier molecular flexibility index (Phi) is 5.44. The summed E-state index contributed by atoms with van der Waals surface area (Å²) in [4.78, 5) is 35.6. The smallest absolute Gasteiger partial charge is 0.233 e. The number of Topliss-reactive ketones (excluding diaryl/α,β-unsaturated/α-hetero) is 1. The fourth-order valence-corrected chi connectivity index (χ4v) is 3.81. The molecule has 0 fully saturated rings. The van der Waals surface area contributed by atoms with Crippen LogP contribution in [0.1, 0.15) is 60.2 Å². The van der Waals surface area contributed by atoms with Crippen molar-refractivity contribution in [3.8, 4) is 11.4 Å². The first kappa shape index (κ1) is 20.0. The summed E-state index contributed by atoms with van der Waals surface area (Å²) in [5, 5.41) is 0. The molecular weight excluding hydrogens is 374 g/mol. The van der Waals surface area contributed by atoms with Crippen LogP contribution in [0.5, 0.6) is 0 Å². The fourth-order valence-electron chi connectivity index (χ4n) is 3.81. The third-order valence-electron chi connectivity index (χ3n) is 5.50. The van der Waals surface area contributed by atoms with E-state index in [-0.39, 0.29) is 11.7 Å². The maximum absolute atomic E-state index is 12.7. The minimum Gasteiger partial charge on any atom is -0.294 e. The van der Waals surface area contributed by atoms with Crippen molar-refractivity contribution in [3.63, 3.8) is 0 Å². The number of hydrogen-bond donors (Lipinski definition) is 0. The highest BCUT2D eigenvalue weighted by Crippen LogP contribution is 2.32. The van der Waals surface area contributed by atoms with Crippen LogP contribution in [0.3, 0.4) is 0 Å². The molecule has 4 rings (SSSR count). The Balaban J connectivity index is 1.65. The quantitative estimate of drug-likeness (QED) is 0.550. The van der Waals surface area contributed by atoms with Crippen LogP contribution in [0.25, 0.3) is 11.4 Å². The van der Waals surface area contributed by atoms with E-state index in [0.717, 1.165) is 16.7 Å². The van der Waals surface area contributed by atoms with Crippen LogP contribution in [-0.4, -0.2) is 21.7 Å². The van der Waals surface area contributed by atoms with Crippen LogP contribution in [0.15, 0.2) is 54.7 Å². The third kappa shape index (κ3) is 3.75. The molecule has 0 saturated carbocycles. The predicted molar refractivity (Wildman–Crippen MR) is 118 cm³/mol. The van der Waals surface area contributed by atoms with Gasteiger partial charge in [-0.3, -0.25) is 14.5 Å². The van der Waals surface area contributed by atoms with Crippen LogP contribution in [0.4, 0.5) is 5.82 Å². The lowest BCUT2D eigenvalue weighted by Gasteiger charge is -2.18. The van der Waals surface area contributed by atoms with E-state index in [4.69, 9.17) is 4.98 Å². The van der Waals surface area contributed by atoms with E-state index in [9.17, 15) is 9.59 Å². The van der Waals surface area contributed by atoms with Crippen LogP contribution in [0, 0.1) is 0 Å². The van der Waals surface area contributed by atoms with Gasteiger partial charge in [-0.25, -0.2) is 9.97 Å². The minimum absolute atomic E-state index is 0.0160. The average Bonchev–Trinajstić information content (AvgIpc) is 3.08. The average molecular weight is 399 g/mol. The number of hydrogen-bond acceptors (Lipinski definition) is 4. The summed E-state index contributed by atoms with van der Waals surface area (Å²) in [6.45, 7) is 6.57. The van der Waals surface area contributed by atoms with Crippen LogP contribution in [-0.2, 0) is 17.8 Å². The molecule has 0 spiro atoms. The highest BCUT2D eigenvalue weighted by Gasteiger charge is 2.30. The monoisotopic (exact) mass is 399 g/mol. The first-order valence-electron chi connectivity index (χ1n) is 10.4. The molecule has 0 aliphatic carbocycles. The predicted octanol–water partition coefficient (Wildman–Crippen LogP) is 4.95. The first-order chi connectivity index (χ1) is 14.5. The van der Waals surface area contributed by atoms with Gasteiger partial charge >= 0.3 is 0 Å². The highest BCUT2D eigenvalue weighted by molar-refractivity contribution is 6.00. The van der Waals surface area contributed by atoms with Gasteiger partial charge in [0, 0.05) is 29.3 Å². The van der Waals surface area contributed by atoms with E-state index >= 15 is 0 Å². The number of benzene rings is 2. The van der Waals surface area contributed by atoms with E-state index in [0.29, 0.717) is 42.5 Å². The van der Waals surface area contributed by atoms with Gasteiger partial charge in [-0.2, -0.15) is 0 Å². The molecule has 5 heteroatoms. The summed E-state index contributed by atoms with van der Waals surface area (Å²) in [6, 6.07) is 15.6. The van der Waals surface area contributed by atoms with E-state index in [2.05, 4.69) is 24.9 Å². The lowest BCUT2D eigenvalue weighted by molar-refractivity contribution is -0.117. The SMILES string of the molecule is CCC(=O)c1ccc(CN2C(=O)Cc3cnc(-c4ccccc4C(C)C)nc32)cc1. The number of fused-ring (bicyclic) bond motifs is 1. The van der Waals surface area contributed by atoms with Gasteiger partial charge < -0.3 is 0 Å². The van der Waals surface area contributed by atoms with E-state index < -0.39 is 0 Å². The molecule has 5 nitrogen and oxygen atoms in total. The molecule has 3 aromatic rings. The molecule has 0 unspecified atom stereocenters.